The van der Waals surface area contributed by atoms with Crippen molar-refractivity contribution >= 4 is 22.4 Å². The molecule has 0 bridgehead atoms. The summed E-state index contributed by atoms with van der Waals surface area (Å²) < 4.78 is 0. The summed E-state index contributed by atoms with van der Waals surface area (Å²) in [5.74, 6) is 0.0872. The van der Waals surface area contributed by atoms with E-state index in [0.717, 1.165) is 24.3 Å². The Hall–Kier alpha value is -2.65. The van der Waals surface area contributed by atoms with Crippen molar-refractivity contribution < 1.29 is 4.79 Å². The molecule has 1 aliphatic carbocycles. The van der Waals surface area contributed by atoms with Crippen molar-refractivity contribution in [1.82, 2.24) is 4.90 Å². The second-order valence-corrected chi connectivity index (χ2v) is 7.51. The second-order valence-electron chi connectivity index (χ2n) is 7.51. The lowest BCUT2D eigenvalue weighted by Gasteiger charge is -2.22. The minimum absolute atomic E-state index is 0.0872. The summed E-state index contributed by atoms with van der Waals surface area (Å²) in [5, 5.41) is 5.62. The number of anilines is 1. The van der Waals surface area contributed by atoms with E-state index in [0.29, 0.717) is 12.5 Å². The van der Waals surface area contributed by atoms with Crippen molar-refractivity contribution in [2.75, 3.05) is 11.9 Å². The third-order valence-corrected chi connectivity index (χ3v) is 5.24. The van der Waals surface area contributed by atoms with Crippen LogP contribution in [-0.4, -0.2) is 23.4 Å². The minimum atomic E-state index is 0.0872. The number of nitrogens with one attached hydrogen (secondary N) is 1. The quantitative estimate of drug-likeness (QED) is 0.634. The summed E-state index contributed by atoms with van der Waals surface area (Å²) in [5.41, 5.74) is 3.38. The van der Waals surface area contributed by atoms with Crippen LogP contribution in [-0.2, 0) is 11.3 Å². The highest BCUT2D eigenvalue weighted by atomic mass is 16.1. The molecule has 0 atom stereocenters. The fourth-order valence-corrected chi connectivity index (χ4v) is 3.67. The standard InChI is InChI=1S/C24H26N2O/c1-18-6-4-10-21(16-18)25-24(27)14-15-26(22-12-13-22)17-20-9-5-8-19-7-2-3-11-23(19)20/h2-11,16,22H,12-15,17H2,1H3,(H,25,27). The number of carbonyl (C=O) groups excluding carboxylic acids is 1. The Bertz CT molecular complexity index is 941. The van der Waals surface area contributed by atoms with Crippen LogP contribution in [0.4, 0.5) is 5.69 Å². The van der Waals surface area contributed by atoms with Gasteiger partial charge in [-0.1, -0.05) is 54.6 Å². The molecule has 0 aromatic heterocycles. The molecule has 27 heavy (non-hydrogen) atoms. The normalized spacial score (nSPS) is 13.9. The van der Waals surface area contributed by atoms with Gasteiger partial charge in [-0.2, -0.15) is 0 Å². The largest absolute Gasteiger partial charge is 0.326 e. The first-order chi connectivity index (χ1) is 13.2. The lowest BCUT2D eigenvalue weighted by Crippen LogP contribution is -2.29. The van der Waals surface area contributed by atoms with E-state index in [1.165, 1.54) is 29.2 Å². The fourth-order valence-electron chi connectivity index (χ4n) is 3.67. The van der Waals surface area contributed by atoms with E-state index >= 15 is 0 Å². The lowest BCUT2D eigenvalue weighted by atomic mass is 10.0. The van der Waals surface area contributed by atoms with Gasteiger partial charge in [0.15, 0.2) is 0 Å². The van der Waals surface area contributed by atoms with Crippen LogP contribution in [0.2, 0.25) is 0 Å². The molecule has 3 aromatic rings. The van der Waals surface area contributed by atoms with Crippen molar-refractivity contribution in [3.8, 4) is 0 Å². The molecule has 4 rings (SSSR count). The molecule has 1 aliphatic rings. The molecule has 0 heterocycles. The van der Waals surface area contributed by atoms with Crippen LogP contribution in [0.1, 0.15) is 30.4 Å². The van der Waals surface area contributed by atoms with Crippen LogP contribution in [0.5, 0.6) is 0 Å². The molecule has 0 radical (unpaired) electrons. The highest BCUT2D eigenvalue weighted by Crippen LogP contribution is 2.30. The van der Waals surface area contributed by atoms with E-state index in [4.69, 9.17) is 0 Å². The third kappa shape index (κ3) is 4.55. The maximum Gasteiger partial charge on any atom is 0.225 e. The number of nitrogens with zero attached hydrogens (tertiary/aromatic N) is 1. The Morgan fingerprint density at radius 1 is 1.04 bits per heavy atom. The van der Waals surface area contributed by atoms with Gasteiger partial charge in [0.25, 0.3) is 0 Å². The average molecular weight is 358 g/mol. The summed E-state index contributed by atoms with van der Waals surface area (Å²) in [6.45, 7) is 3.74. The maximum absolute atomic E-state index is 12.4. The van der Waals surface area contributed by atoms with Gasteiger partial charge in [-0.25, -0.2) is 0 Å². The van der Waals surface area contributed by atoms with E-state index < -0.39 is 0 Å². The fraction of sp³-hybridized carbons (Fsp3) is 0.292. The first kappa shape index (κ1) is 17.7. The van der Waals surface area contributed by atoms with Gasteiger partial charge in [-0.3, -0.25) is 9.69 Å². The molecule has 1 saturated carbocycles. The van der Waals surface area contributed by atoms with E-state index in [-0.39, 0.29) is 5.91 Å². The van der Waals surface area contributed by atoms with Gasteiger partial charge in [0, 0.05) is 31.2 Å². The maximum atomic E-state index is 12.4. The SMILES string of the molecule is Cc1cccc(NC(=O)CCN(Cc2cccc3ccccc23)C2CC2)c1. The zero-order valence-electron chi connectivity index (χ0n) is 15.8. The van der Waals surface area contributed by atoms with Gasteiger partial charge >= 0.3 is 0 Å². The summed E-state index contributed by atoms with van der Waals surface area (Å²) in [7, 11) is 0. The number of amides is 1. The van der Waals surface area contributed by atoms with Gasteiger partial charge in [-0.05, 0) is 53.8 Å². The molecule has 1 N–H and O–H groups in total. The van der Waals surface area contributed by atoms with Crippen molar-refractivity contribution in [3.63, 3.8) is 0 Å². The molecule has 138 valence electrons. The van der Waals surface area contributed by atoms with E-state index in [1.807, 2.05) is 31.2 Å². The zero-order valence-corrected chi connectivity index (χ0v) is 15.8. The van der Waals surface area contributed by atoms with Crippen LogP contribution in [0.3, 0.4) is 0 Å². The minimum Gasteiger partial charge on any atom is -0.326 e. The molecular weight excluding hydrogens is 332 g/mol. The Morgan fingerprint density at radius 3 is 2.63 bits per heavy atom. The molecular formula is C24H26N2O. The van der Waals surface area contributed by atoms with Crippen molar-refractivity contribution in [2.24, 2.45) is 0 Å². The number of rotatable bonds is 7. The highest BCUT2D eigenvalue weighted by molar-refractivity contribution is 5.91. The van der Waals surface area contributed by atoms with Gasteiger partial charge in [0.1, 0.15) is 0 Å². The smallest absolute Gasteiger partial charge is 0.225 e. The van der Waals surface area contributed by atoms with Crippen LogP contribution in [0, 0.1) is 6.92 Å². The number of carbonyl (C=O) groups is 1. The lowest BCUT2D eigenvalue weighted by molar-refractivity contribution is -0.116. The Morgan fingerprint density at radius 2 is 1.81 bits per heavy atom. The summed E-state index contributed by atoms with van der Waals surface area (Å²) in [6.07, 6.45) is 3.00. The van der Waals surface area contributed by atoms with Crippen molar-refractivity contribution in [2.45, 2.75) is 38.8 Å². The van der Waals surface area contributed by atoms with Crippen LogP contribution < -0.4 is 5.32 Å². The Labute approximate surface area is 161 Å². The van der Waals surface area contributed by atoms with Crippen molar-refractivity contribution in [1.29, 1.82) is 0 Å². The van der Waals surface area contributed by atoms with E-state index in [1.54, 1.807) is 0 Å². The van der Waals surface area contributed by atoms with Crippen molar-refractivity contribution in [3.05, 3.63) is 77.9 Å². The predicted octanol–water partition coefficient (Wildman–Crippen LogP) is 5.14. The zero-order chi connectivity index (χ0) is 18.6. The molecule has 0 spiro atoms. The number of benzene rings is 3. The van der Waals surface area contributed by atoms with Crippen LogP contribution >= 0.6 is 0 Å². The summed E-state index contributed by atoms with van der Waals surface area (Å²) in [6, 6.07) is 23.6. The third-order valence-electron chi connectivity index (χ3n) is 5.24. The number of hydrogen-bond donors (Lipinski definition) is 1. The van der Waals surface area contributed by atoms with Crippen LogP contribution in [0.15, 0.2) is 66.7 Å². The molecule has 3 heteroatoms. The van der Waals surface area contributed by atoms with Gasteiger partial charge in [-0.15, -0.1) is 0 Å². The van der Waals surface area contributed by atoms with E-state index in [9.17, 15) is 4.79 Å². The molecule has 0 aliphatic heterocycles. The van der Waals surface area contributed by atoms with Gasteiger partial charge in [0.2, 0.25) is 5.91 Å². The molecule has 1 amide bonds. The Kier molecular flexibility index (Phi) is 5.21. The summed E-state index contributed by atoms with van der Waals surface area (Å²) in [4.78, 5) is 14.9. The second kappa shape index (κ2) is 7.93. The molecule has 0 saturated heterocycles. The van der Waals surface area contributed by atoms with E-state index in [2.05, 4.69) is 52.7 Å². The first-order valence-electron chi connectivity index (χ1n) is 9.76. The highest BCUT2D eigenvalue weighted by Gasteiger charge is 2.29. The van der Waals surface area contributed by atoms with Gasteiger partial charge in [0.05, 0.1) is 0 Å². The van der Waals surface area contributed by atoms with Crippen LogP contribution in [0.25, 0.3) is 10.8 Å². The number of fused-ring (bicyclic) bond motifs is 1. The number of hydrogen-bond acceptors (Lipinski definition) is 2. The topological polar surface area (TPSA) is 32.3 Å². The summed E-state index contributed by atoms with van der Waals surface area (Å²) >= 11 is 0. The molecule has 0 unspecified atom stereocenters. The molecule has 3 nitrogen and oxygen atoms in total. The molecule has 3 aromatic carbocycles. The molecule has 1 fully saturated rings. The number of aryl methyl sites for hydroxylation is 1. The monoisotopic (exact) mass is 358 g/mol. The Balaban J connectivity index is 1.40. The van der Waals surface area contributed by atoms with Gasteiger partial charge < -0.3 is 5.32 Å². The average Bonchev–Trinajstić information content (AvgIpc) is 3.50. The first-order valence-corrected chi connectivity index (χ1v) is 9.76. The predicted molar refractivity (Wildman–Crippen MR) is 112 cm³/mol.